The fraction of sp³-hybridized carbons (Fsp3) is 0.381. The maximum absolute atomic E-state index is 13.6. The number of nitrogens with one attached hydrogen (secondary N) is 1. The van der Waals surface area contributed by atoms with Crippen molar-refractivity contribution < 1.29 is 18.3 Å². The Hall–Kier alpha value is -2.47. The summed E-state index contributed by atoms with van der Waals surface area (Å²) in [6.45, 7) is 2.87. The van der Waals surface area contributed by atoms with E-state index in [0.717, 1.165) is 38.5 Å². The molecule has 2 atom stereocenters. The zero-order valence-corrected chi connectivity index (χ0v) is 14.9. The van der Waals surface area contributed by atoms with Crippen molar-refractivity contribution in [2.24, 2.45) is 5.92 Å². The molecule has 3 saturated heterocycles. The molecule has 2 aromatic carbocycles. The molecule has 3 aliphatic heterocycles. The fourth-order valence-corrected chi connectivity index (χ4v) is 3.99. The number of anilines is 1. The number of carbonyl (C=O) groups is 1. The van der Waals surface area contributed by atoms with Crippen molar-refractivity contribution >= 4 is 11.7 Å². The molecule has 6 heteroatoms. The van der Waals surface area contributed by atoms with Crippen LogP contribution in [-0.4, -0.2) is 36.6 Å². The first kappa shape index (κ1) is 17.9. The number of fused-ring (bicyclic) bond motifs is 3. The maximum Gasteiger partial charge on any atom is 0.333 e. The number of nitrogens with zero attached hydrogens (tertiary/aromatic N) is 1. The van der Waals surface area contributed by atoms with E-state index in [1.54, 1.807) is 12.1 Å². The molecule has 0 amide bonds. The predicted octanol–water partition coefficient (Wildman–Crippen LogP) is 3.76. The van der Waals surface area contributed by atoms with Crippen molar-refractivity contribution in [1.82, 2.24) is 4.90 Å². The van der Waals surface area contributed by atoms with Gasteiger partial charge in [0.1, 0.15) is 17.7 Å². The standard InChI is InChI=1S/C21H22F2N2O2/c22-16-10-17(23)12-18(11-16)24-20(15-4-2-1-3-5-15)21(26)27-19-13-25-8-6-14(19)7-9-25/h1-5,10-12,14,19-20,24H,6-9,13H2/t19-,20?/m0/s1. The fourth-order valence-electron chi connectivity index (χ4n) is 3.99. The van der Waals surface area contributed by atoms with Gasteiger partial charge in [0.05, 0.1) is 0 Å². The molecule has 3 aliphatic rings. The second kappa shape index (κ2) is 7.64. The van der Waals surface area contributed by atoms with Gasteiger partial charge in [0.25, 0.3) is 0 Å². The first-order valence-corrected chi connectivity index (χ1v) is 9.29. The van der Waals surface area contributed by atoms with Gasteiger partial charge in [-0.25, -0.2) is 13.6 Å². The molecule has 1 unspecified atom stereocenters. The van der Waals surface area contributed by atoms with E-state index in [1.165, 1.54) is 12.1 Å². The summed E-state index contributed by atoms with van der Waals surface area (Å²) in [4.78, 5) is 15.3. The lowest BCUT2D eigenvalue weighted by molar-refractivity contribution is -0.159. The quantitative estimate of drug-likeness (QED) is 0.812. The topological polar surface area (TPSA) is 41.6 Å². The SMILES string of the molecule is O=C(O[C@H]1CN2CCC1CC2)C(Nc1cc(F)cc(F)c1)c1ccccc1. The molecule has 0 aliphatic carbocycles. The normalized spacial score (nSPS) is 25.0. The van der Waals surface area contributed by atoms with Crippen molar-refractivity contribution in [3.63, 3.8) is 0 Å². The Kier molecular flexibility index (Phi) is 5.07. The van der Waals surface area contributed by atoms with Gasteiger partial charge in [0.2, 0.25) is 0 Å². The van der Waals surface area contributed by atoms with E-state index < -0.39 is 23.6 Å². The number of esters is 1. The molecular weight excluding hydrogens is 350 g/mol. The van der Waals surface area contributed by atoms with Crippen LogP contribution in [0.1, 0.15) is 24.4 Å². The second-order valence-electron chi connectivity index (χ2n) is 7.26. The summed E-state index contributed by atoms with van der Waals surface area (Å²) < 4.78 is 33.0. The number of hydrogen-bond acceptors (Lipinski definition) is 4. The van der Waals surface area contributed by atoms with Gasteiger partial charge < -0.3 is 10.1 Å². The summed E-state index contributed by atoms with van der Waals surface area (Å²) in [5, 5.41) is 2.94. The minimum absolute atomic E-state index is 0.128. The lowest BCUT2D eigenvalue weighted by atomic mass is 9.86. The summed E-state index contributed by atoms with van der Waals surface area (Å²) in [5.74, 6) is -1.43. The monoisotopic (exact) mass is 372 g/mol. The predicted molar refractivity (Wildman–Crippen MR) is 98.2 cm³/mol. The Balaban J connectivity index is 1.55. The van der Waals surface area contributed by atoms with Gasteiger partial charge in [-0.3, -0.25) is 4.90 Å². The van der Waals surface area contributed by atoms with Crippen molar-refractivity contribution in [1.29, 1.82) is 0 Å². The molecule has 27 heavy (non-hydrogen) atoms. The lowest BCUT2D eigenvalue weighted by Crippen LogP contribution is -2.52. The highest BCUT2D eigenvalue weighted by atomic mass is 19.1. The van der Waals surface area contributed by atoms with E-state index in [4.69, 9.17) is 4.74 Å². The third kappa shape index (κ3) is 4.11. The first-order valence-electron chi connectivity index (χ1n) is 9.29. The van der Waals surface area contributed by atoms with Crippen LogP contribution in [0.4, 0.5) is 14.5 Å². The van der Waals surface area contributed by atoms with Gasteiger partial charge in [0.15, 0.2) is 6.04 Å². The number of benzene rings is 2. The van der Waals surface area contributed by atoms with Crippen LogP contribution in [0.5, 0.6) is 0 Å². The largest absolute Gasteiger partial charge is 0.459 e. The summed E-state index contributed by atoms with van der Waals surface area (Å²) in [6, 6.07) is 11.4. The molecule has 4 nitrogen and oxygen atoms in total. The first-order chi connectivity index (χ1) is 13.1. The molecule has 3 heterocycles. The van der Waals surface area contributed by atoms with Crippen molar-refractivity contribution in [2.75, 3.05) is 25.0 Å². The summed E-state index contributed by atoms with van der Waals surface area (Å²) >= 11 is 0. The average Bonchev–Trinajstić information content (AvgIpc) is 2.67. The zero-order chi connectivity index (χ0) is 18.8. The Bertz CT molecular complexity index is 787. The van der Waals surface area contributed by atoms with E-state index >= 15 is 0 Å². The number of rotatable bonds is 5. The molecule has 0 saturated carbocycles. The van der Waals surface area contributed by atoms with Crippen molar-refractivity contribution in [2.45, 2.75) is 25.0 Å². The Morgan fingerprint density at radius 2 is 1.74 bits per heavy atom. The van der Waals surface area contributed by atoms with Crippen LogP contribution in [0.25, 0.3) is 0 Å². The number of ether oxygens (including phenoxy) is 1. The molecule has 142 valence electrons. The summed E-state index contributed by atoms with van der Waals surface area (Å²) in [6.07, 6.45) is 1.95. The minimum Gasteiger partial charge on any atom is -0.459 e. The van der Waals surface area contributed by atoms with Gasteiger partial charge in [0, 0.05) is 18.3 Å². The number of halogens is 2. The van der Waals surface area contributed by atoms with Crippen LogP contribution in [0, 0.1) is 17.6 Å². The number of hydrogen-bond donors (Lipinski definition) is 1. The molecule has 1 N–H and O–H groups in total. The molecule has 2 bridgehead atoms. The summed E-state index contributed by atoms with van der Waals surface area (Å²) in [5.41, 5.74) is 0.890. The van der Waals surface area contributed by atoms with Crippen LogP contribution in [0.2, 0.25) is 0 Å². The van der Waals surface area contributed by atoms with Crippen LogP contribution in [-0.2, 0) is 9.53 Å². The minimum atomic E-state index is -0.831. The zero-order valence-electron chi connectivity index (χ0n) is 14.9. The highest BCUT2D eigenvalue weighted by Crippen LogP contribution is 2.31. The highest BCUT2D eigenvalue weighted by Gasteiger charge is 2.37. The van der Waals surface area contributed by atoms with Crippen molar-refractivity contribution in [3.8, 4) is 0 Å². The Morgan fingerprint density at radius 1 is 1.07 bits per heavy atom. The maximum atomic E-state index is 13.6. The van der Waals surface area contributed by atoms with Crippen LogP contribution in [0.15, 0.2) is 48.5 Å². The molecular formula is C21H22F2N2O2. The van der Waals surface area contributed by atoms with Crippen LogP contribution >= 0.6 is 0 Å². The van der Waals surface area contributed by atoms with E-state index in [-0.39, 0.29) is 11.8 Å². The number of piperidine rings is 3. The van der Waals surface area contributed by atoms with E-state index in [0.29, 0.717) is 11.5 Å². The second-order valence-corrected chi connectivity index (χ2v) is 7.26. The van der Waals surface area contributed by atoms with Gasteiger partial charge in [-0.05, 0) is 49.5 Å². The molecule has 2 aromatic rings. The molecule has 5 rings (SSSR count). The van der Waals surface area contributed by atoms with Gasteiger partial charge in [-0.1, -0.05) is 30.3 Å². The van der Waals surface area contributed by atoms with Gasteiger partial charge in [-0.15, -0.1) is 0 Å². The number of carbonyl (C=O) groups excluding carboxylic acids is 1. The molecule has 0 spiro atoms. The summed E-state index contributed by atoms with van der Waals surface area (Å²) in [7, 11) is 0. The van der Waals surface area contributed by atoms with Crippen molar-refractivity contribution in [3.05, 3.63) is 65.7 Å². The molecule has 0 aromatic heterocycles. The molecule has 3 fully saturated rings. The van der Waals surface area contributed by atoms with E-state index in [2.05, 4.69) is 10.2 Å². The Morgan fingerprint density at radius 3 is 2.33 bits per heavy atom. The smallest absolute Gasteiger partial charge is 0.333 e. The van der Waals surface area contributed by atoms with Gasteiger partial charge in [-0.2, -0.15) is 0 Å². The third-order valence-corrected chi connectivity index (χ3v) is 5.41. The molecule has 0 radical (unpaired) electrons. The van der Waals surface area contributed by atoms with Crippen LogP contribution < -0.4 is 5.32 Å². The third-order valence-electron chi connectivity index (χ3n) is 5.41. The highest BCUT2D eigenvalue weighted by molar-refractivity contribution is 5.81. The van der Waals surface area contributed by atoms with E-state index in [1.807, 2.05) is 18.2 Å². The average molecular weight is 372 g/mol. The van der Waals surface area contributed by atoms with Crippen LogP contribution in [0.3, 0.4) is 0 Å². The van der Waals surface area contributed by atoms with Gasteiger partial charge >= 0.3 is 5.97 Å². The lowest BCUT2D eigenvalue weighted by Gasteiger charge is -2.44. The van der Waals surface area contributed by atoms with E-state index in [9.17, 15) is 13.6 Å². The Labute approximate surface area is 157 Å².